The summed E-state index contributed by atoms with van der Waals surface area (Å²) in [7, 11) is 0. The summed E-state index contributed by atoms with van der Waals surface area (Å²) in [5.74, 6) is 0. The molecule has 0 heterocycles. The molecular weight excluding hydrogens is 222 g/mol. The smallest absolute Gasteiger partial charge is 0.0547 e. The van der Waals surface area contributed by atoms with Crippen molar-refractivity contribution in [3.05, 3.63) is 35.9 Å². The van der Waals surface area contributed by atoms with Crippen molar-refractivity contribution in [2.45, 2.75) is 51.2 Å². The van der Waals surface area contributed by atoms with E-state index in [1.54, 1.807) is 0 Å². The Hall–Kier alpha value is -0.860. The molecule has 2 rings (SSSR count). The van der Waals surface area contributed by atoms with Gasteiger partial charge in [0.25, 0.3) is 0 Å². The van der Waals surface area contributed by atoms with Gasteiger partial charge >= 0.3 is 0 Å². The van der Waals surface area contributed by atoms with Crippen LogP contribution in [0.3, 0.4) is 0 Å². The van der Waals surface area contributed by atoms with E-state index in [1.165, 1.54) is 24.8 Å². The third kappa shape index (κ3) is 5.65. The molecule has 0 bridgehead atoms. The molecule has 0 saturated heterocycles. The Labute approximate surface area is 111 Å². The minimum atomic E-state index is 0.384. The molecule has 1 fully saturated rings. The Morgan fingerprint density at radius 1 is 1.28 bits per heavy atom. The first-order chi connectivity index (χ1) is 8.84. The molecule has 1 N–H and O–H groups in total. The lowest BCUT2D eigenvalue weighted by Gasteiger charge is -2.13. The Balaban J connectivity index is 1.47. The third-order valence-corrected chi connectivity index (χ3v) is 3.43. The number of ether oxygens (including phenoxy) is 1. The monoisotopic (exact) mass is 247 g/mol. The second kappa shape index (κ2) is 7.55. The van der Waals surface area contributed by atoms with Crippen LogP contribution >= 0.6 is 0 Å². The van der Waals surface area contributed by atoms with Crippen molar-refractivity contribution >= 4 is 0 Å². The highest BCUT2D eigenvalue weighted by Crippen LogP contribution is 2.18. The van der Waals surface area contributed by atoms with Crippen LogP contribution in [0.15, 0.2) is 30.3 Å². The maximum absolute atomic E-state index is 5.84. The van der Waals surface area contributed by atoms with Crippen LogP contribution in [0.5, 0.6) is 0 Å². The molecule has 1 unspecified atom stereocenters. The number of hydrogen-bond donors (Lipinski definition) is 1. The van der Waals surface area contributed by atoms with E-state index in [1.807, 2.05) is 0 Å². The fraction of sp³-hybridized carbons (Fsp3) is 0.625. The average Bonchev–Trinajstić information content (AvgIpc) is 3.20. The molecule has 1 aliphatic rings. The van der Waals surface area contributed by atoms with E-state index in [-0.39, 0.29) is 0 Å². The summed E-state index contributed by atoms with van der Waals surface area (Å²) in [6.45, 7) is 4.17. The lowest BCUT2D eigenvalue weighted by atomic mass is 10.1. The molecule has 0 spiro atoms. The third-order valence-electron chi connectivity index (χ3n) is 3.43. The fourth-order valence-corrected chi connectivity index (χ4v) is 2.09. The van der Waals surface area contributed by atoms with Crippen LogP contribution in [0, 0.1) is 0 Å². The van der Waals surface area contributed by atoms with E-state index in [9.17, 15) is 0 Å². The minimum absolute atomic E-state index is 0.384. The van der Waals surface area contributed by atoms with Crippen molar-refractivity contribution in [3.8, 4) is 0 Å². The van der Waals surface area contributed by atoms with E-state index in [2.05, 4.69) is 42.6 Å². The lowest BCUT2D eigenvalue weighted by molar-refractivity contribution is 0.0612. The predicted molar refractivity (Wildman–Crippen MR) is 75.8 cm³/mol. The van der Waals surface area contributed by atoms with Crippen LogP contribution in [0.25, 0.3) is 0 Å². The fourth-order valence-electron chi connectivity index (χ4n) is 2.09. The van der Waals surface area contributed by atoms with Crippen molar-refractivity contribution < 1.29 is 4.74 Å². The normalized spacial score (nSPS) is 16.7. The van der Waals surface area contributed by atoms with Crippen LogP contribution in [-0.4, -0.2) is 25.3 Å². The van der Waals surface area contributed by atoms with Crippen molar-refractivity contribution in [3.63, 3.8) is 0 Å². The highest BCUT2D eigenvalue weighted by molar-refractivity contribution is 5.14. The van der Waals surface area contributed by atoms with Crippen molar-refractivity contribution in [2.75, 3.05) is 13.2 Å². The van der Waals surface area contributed by atoms with Crippen molar-refractivity contribution in [1.29, 1.82) is 0 Å². The second-order valence-electron chi connectivity index (χ2n) is 5.29. The summed E-state index contributed by atoms with van der Waals surface area (Å²) in [4.78, 5) is 0. The van der Waals surface area contributed by atoms with Crippen LogP contribution in [0.2, 0.25) is 0 Å². The maximum Gasteiger partial charge on any atom is 0.0547 e. The highest BCUT2D eigenvalue weighted by Gasteiger charge is 2.19. The van der Waals surface area contributed by atoms with E-state index < -0.39 is 0 Å². The molecular formula is C16H25NO. The Kier molecular flexibility index (Phi) is 5.69. The Morgan fingerprint density at radius 2 is 2.06 bits per heavy atom. The second-order valence-corrected chi connectivity index (χ2v) is 5.29. The molecule has 0 aromatic heterocycles. The van der Waals surface area contributed by atoms with Gasteiger partial charge in [0, 0.05) is 6.04 Å². The molecule has 1 aromatic rings. The van der Waals surface area contributed by atoms with Gasteiger partial charge < -0.3 is 10.1 Å². The molecule has 1 atom stereocenters. The van der Waals surface area contributed by atoms with Crippen molar-refractivity contribution in [2.24, 2.45) is 0 Å². The molecule has 100 valence electrons. The molecule has 2 nitrogen and oxygen atoms in total. The topological polar surface area (TPSA) is 21.3 Å². The zero-order chi connectivity index (χ0) is 12.6. The lowest BCUT2D eigenvalue weighted by Crippen LogP contribution is -2.19. The largest absolute Gasteiger partial charge is 0.378 e. The first kappa shape index (κ1) is 13.6. The van der Waals surface area contributed by atoms with Gasteiger partial charge in [0.15, 0.2) is 0 Å². The number of benzene rings is 1. The minimum Gasteiger partial charge on any atom is -0.378 e. The molecule has 18 heavy (non-hydrogen) atoms. The molecule has 0 amide bonds. The summed E-state index contributed by atoms with van der Waals surface area (Å²) in [6.07, 6.45) is 6.55. The predicted octanol–water partition coefficient (Wildman–Crippen LogP) is 3.17. The Bertz CT molecular complexity index is 321. The summed E-state index contributed by atoms with van der Waals surface area (Å²) in [5, 5.41) is 3.54. The van der Waals surface area contributed by atoms with Gasteiger partial charge in [0.05, 0.1) is 12.7 Å². The molecule has 1 aliphatic carbocycles. The average molecular weight is 247 g/mol. The van der Waals surface area contributed by atoms with Gasteiger partial charge in [-0.25, -0.2) is 0 Å². The summed E-state index contributed by atoms with van der Waals surface area (Å²) >= 11 is 0. The van der Waals surface area contributed by atoms with E-state index in [0.29, 0.717) is 6.10 Å². The van der Waals surface area contributed by atoms with Crippen molar-refractivity contribution in [1.82, 2.24) is 5.32 Å². The van der Waals surface area contributed by atoms with Gasteiger partial charge in [0.2, 0.25) is 0 Å². The number of rotatable bonds is 9. The SMILES string of the molecule is CC(CCCNC1CC1)OCCc1ccccc1. The zero-order valence-electron chi connectivity index (χ0n) is 11.4. The van der Waals surface area contributed by atoms with Crippen LogP contribution in [-0.2, 0) is 11.2 Å². The standard InChI is InChI=1S/C16H25NO/c1-14(6-5-12-17-16-9-10-16)18-13-11-15-7-3-2-4-8-15/h2-4,7-8,14,16-17H,5-6,9-13H2,1H3. The maximum atomic E-state index is 5.84. The summed E-state index contributed by atoms with van der Waals surface area (Å²) in [6, 6.07) is 11.4. The van der Waals surface area contributed by atoms with Gasteiger partial charge in [-0.05, 0) is 51.1 Å². The van der Waals surface area contributed by atoms with E-state index in [4.69, 9.17) is 4.74 Å². The van der Waals surface area contributed by atoms with Gasteiger partial charge in [-0.15, -0.1) is 0 Å². The Morgan fingerprint density at radius 3 is 2.78 bits per heavy atom. The summed E-state index contributed by atoms with van der Waals surface area (Å²) < 4.78 is 5.84. The number of hydrogen-bond acceptors (Lipinski definition) is 2. The molecule has 2 heteroatoms. The zero-order valence-corrected chi connectivity index (χ0v) is 11.4. The van der Waals surface area contributed by atoms with Crippen LogP contribution < -0.4 is 5.32 Å². The van der Waals surface area contributed by atoms with Gasteiger partial charge in [-0.3, -0.25) is 0 Å². The first-order valence-electron chi connectivity index (χ1n) is 7.23. The van der Waals surface area contributed by atoms with Crippen LogP contribution in [0.1, 0.15) is 38.2 Å². The summed E-state index contributed by atoms with van der Waals surface area (Å²) in [5.41, 5.74) is 1.36. The molecule has 0 aliphatic heterocycles. The van der Waals surface area contributed by atoms with E-state index in [0.717, 1.165) is 32.0 Å². The quantitative estimate of drug-likeness (QED) is 0.677. The first-order valence-corrected chi connectivity index (χ1v) is 7.23. The molecule has 1 saturated carbocycles. The van der Waals surface area contributed by atoms with Crippen LogP contribution in [0.4, 0.5) is 0 Å². The highest BCUT2D eigenvalue weighted by atomic mass is 16.5. The van der Waals surface area contributed by atoms with Gasteiger partial charge in [0.1, 0.15) is 0 Å². The van der Waals surface area contributed by atoms with Gasteiger partial charge in [-0.1, -0.05) is 30.3 Å². The molecule has 1 aromatic carbocycles. The molecule has 0 radical (unpaired) electrons. The number of nitrogens with one attached hydrogen (secondary N) is 1. The van der Waals surface area contributed by atoms with E-state index >= 15 is 0 Å². The van der Waals surface area contributed by atoms with Gasteiger partial charge in [-0.2, -0.15) is 0 Å².